The SMILES string of the molecule is N#CNC(=N)c1ccsc1. The molecule has 1 rings (SSSR count). The topological polar surface area (TPSA) is 59.7 Å². The first kappa shape index (κ1) is 6.78. The van der Waals surface area contributed by atoms with Crippen molar-refractivity contribution in [1.82, 2.24) is 5.32 Å². The van der Waals surface area contributed by atoms with E-state index in [-0.39, 0.29) is 5.84 Å². The summed E-state index contributed by atoms with van der Waals surface area (Å²) in [6.45, 7) is 0. The molecule has 0 aliphatic rings. The average molecular weight is 151 g/mol. The highest BCUT2D eigenvalue weighted by Crippen LogP contribution is 2.04. The molecule has 0 saturated carbocycles. The van der Waals surface area contributed by atoms with E-state index in [1.54, 1.807) is 12.3 Å². The summed E-state index contributed by atoms with van der Waals surface area (Å²) in [5, 5.41) is 21.3. The highest BCUT2D eigenvalue weighted by molar-refractivity contribution is 7.08. The number of hydrogen-bond donors (Lipinski definition) is 2. The van der Waals surface area contributed by atoms with Crippen molar-refractivity contribution in [3.63, 3.8) is 0 Å². The number of nitrogens with zero attached hydrogens (tertiary/aromatic N) is 1. The van der Waals surface area contributed by atoms with Crippen LogP contribution in [0.15, 0.2) is 16.8 Å². The fraction of sp³-hybridized carbons (Fsp3) is 0. The second kappa shape index (κ2) is 2.99. The molecule has 2 N–H and O–H groups in total. The maximum absolute atomic E-state index is 8.14. The molecule has 0 saturated heterocycles. The predicted molar refractivity (Wildman–Crippen MR) is 39.9 cm³/mol. The summed E-state index contributed by atoms with van der Waals surface area (Å²) in [6.07, 6.45) is 1.69. The molecule has 0 unspecified atom stereocenters. The molecule has 0 spiro atoms. The van der Waals surface area contributed by atoms with Gasteiger partial charge in [0.25, 0.3) is 0 Å². The van der Waals surface area contributed by atoms with Crippen LogP contribution < -0.4 is 5.32 Å². The van der Waals surface area contributed by atoms with Gasteiger partial charge in [-0.3, -0.25) is 10.7 Å². The quantitative estimate of drug-likeness (QED) is 0.274. The van der Waals surface area contributed by atoms with Crippen LogP contribution in [0, 0.1) is 16.9 Å². The van der Waals surface area contributed by atoms with Gasteiger partial charge < -0.3 is 0 Å². The molecule has 0 radical (unpaired) electrons. The molecule has 0 amide bonds. The number of nitriles is 1. The summed E-state index contributed by atoms with van der Waals surface area (Å²) in [7, 11) is 0. The summed E-state index contributed by atoms with van der Waals surface area (Å²) in [4.78, 5) is 0. The summed E-state index contributed by atoms with van der Waals surface area (Å²) >= 11 is 1.50. The molecule has 0 aliphatic heterocycles. The van der Waals surface area contributed by atoms with Crippen LogP contribution in [-0.4, -0.2) is 5.84 Å². The largest absolute Gasteiger partial charge is 0.283 e. The van der Waals surface area contributed by atoms with Crippen LogP contribution in [0.4, 0.5) is 0 Å². The van der Waals surface area contributed by atoms with E-state index in [4.69, 9.17) is 10.7 Å². The Kier molecular flexibility index (Phi) is 2.03. The van der Waals surface area contributed by atoms with Crippen LogP contribution in [0.25, 0.3) is 0 Å². The zero-order valence-corrected chi connectivity index (χ0v) is 5.90. The molecule has 4 heteroatoms. The molecule has 1 aromatic heterocycles. The van der Waals surface area contributed by atoms with Crippen molar-refractivity contribution in [2.24, 2.45) is 0 Å². The Hall–Kier alpha value is -1.34. The lowest BCUT2D eigenvalue weighted by molar-refractivity contribution is 1.22. The second-order valence-corrected chi connectivity index (χ2v) is 2.40. The monoisotopic (exact) mass is 151 g/mol. The number of amidine groups is 1. The Bertz CT molecular complexity index is 257. The Balaban J connectivity index is 2.71. The number of thiophene rings is 1. The van der Waals surface area contributed by atoms with Crippen molar-refractivity contribution < 1.29 is 0 Å². The Labute approximate surface area is 62.4 Å². The Morgan fingerprint density at radius 2 is 2.60 bits per heavy atom. The van der Waals surface area contributed by atoms with Gasteiger partial charge in [0, 0.05) is 10.9 Å². The molecule has 1 heterocycles. The summed E-state index contributed by atoms with van der Waals surface area (Å²) in [5.41, 5.74) is 0.756. The van der Waals surface area contributed by atoms with E-state index in [0.29, 0.717) is 0 Å². The fourth-order valence-corrected chi connectivity index (χ4v) is 1.18. The first-order valence-corrected chi connectivity index (χ1v) is 3.55. The fourth-order valence-electron chi connectivity index (χ4n) is 0.535. The number of hydrogen-bond acceptors (Lipinski definition) is 3. The van der Waals surface area contributed by atoms with Gasteiger partial charge in [0.2, 0.25) is 0 Å². The maximum Gasteiger partial charge on any atom is 0.182 e. The predicted octanol–water partition coefficient (Wildman–Crippen LogP) is 1.14. The minimum absolute atomic E-state index is 0.156. The van der Waals surface area contributed by atoms with Crippen molar-refractivity contribution in [3.05, 3.63) is 22.4 Å². The van der Waals surface area contributed by atoms with Crippen LogP contribution >= 0.6 is 11.3 Å². The van der Waals surface area contributed by atoms with E-state index in [1.165, 1.54) is 11.3 Å². The zero-order valence-electron chi connectivity index (χ0n) is 5.09. The normalized spacial score (nSPS) is 8.30. The van der Waals surface area contributed by atoms with E-state index in [0.717, 1.165) is 5.56 Å². The van der Waals surface area contributed by atoms with Gasteiger partial charge in [0.05, 0.1) is 0 Å². The molecule has 0 aliphatic carbocycles. The smallest absolute Gasteiger partial charge is 0.182 e. The number of rotatable bonds is 1. The average Bonchev–Trinajstić information content (AvgIpc) is 2.38. The van der Waals surface area contributed by atoms with Gasteiger partial charge in [-0.05, 0) is 11.4 Å². The molecule has 10 heavy (non-hydrogen) atoms. The van der Waals surface area contributed by atoms with Gasteiger partial charge in [-0.1, -0.05) is 0 Å². The van der Waals surface area contributed by atoms with Gasteiger partial charge in [-0.2, -0.15) is 16.6 Å². The van der Waals surface area contributed by atoms with E-state index in [2.05, 4.69) is 5.32 Å². The summed E-state index contributed by atoms with van der Waals surface area (Å²) < 4.78 is 0. The van der Waals surface area contributed by atoms with E-state index < -0.39 is 0 Å². The second-order valence-electron chi connectivity index (χ2n) is 1.62. The lowest BCUT2D eigenvalue weighted by atomic mass is 10.3. The van der Waals surface area contributed by atoms with Crippen molar-refractivity contribution >= 4 is 17.2 Å². The van der Waals surface area contributed by atoms with Gasteiger partial charge in [0.15, 0.2) is 6.19 Å². The van der Waals surface area contributed by atoms with Crippen LogP contribution in [0.5, 0.6) is 0 Å². The van der Waals surface area contributed by atoms with E-state index in [9.17, 15) is 0 Å². The highest BCUT2D eigenvalue weighted by Gasteiger charge is 1.97. The molecule has 0 bridgehead atoms. The van der Waals surface area contributed by atoms with Gasteiger partial charge in [-0.25, -0.2) is 0 Å². The molecule has 0 aromatic carbocycles. The molecule has 3 nitrogen and oxygen atoms in total. The maximum atomic E-state index is 8.14. The molecule has 1 aromatic rings. The standard InChI is InChI=1S/C6H5N3S/c7-4-9-6(8)5-1-2-10-3-5/h1-3H,(H2,8,9). The number of nitrogens with one attached hydrogen (secondary N) is 2. The highest BCUT2D eigenvalue weighted by atomic mass is 32.1. The summed E-state index contributed by atoms with van der Waals surface area (Å²) in [6, 6.07) is 1.79. The Morgan fingerprint density at radius 3 is 3.10 bits per heavy atom. The third-order valence-electron chi connectivity index (χ3n) is 0.991. The Morgan fingerprint density at radius 1 is 1.80 bits per heavy atom. The molecular formula is C6H5N3S. The lowest BCUT2D eigenvalue weighted by Gasteiger charge is -1.92. The van der Waals surface area contributed by atoms with E-state index >= 15 is 0 Å². The first-order valence-electron chi connectivity index (χ1n) is 2.61. The minimum Gasteiger partial charge on any atom is -0.283 e. The van der Waals surface area contributed by atoms with Crippen molar-refractivity contribution in [2.45, 2.75) is 0 Å². The molecule has 0 fully saturated rings. The molecule has 0 atom stereocenters. The molecular weight excluding hydrogens is 146 g/mol. The van der Waals surface area contributed by atoms with Crippen LogP contribution in [0.1, 0.15) is 5.56 Å². The lowest BCUT2D eigenvalue weighted by Crippen LogP contribution is -2.16. The van der Waals surface area contributed by atoms with Gasteiger partial charge >= 0.3 is 0 Å². The van der Waals surface area contributed by atoms with Crippen molar-refractivity contribution in [1.29, 1.82) is 10.7 Å². The van der Waals surface area contributed by atoms with Crippen LogP contribution in [-0.2, 0) is 0 Å². The van der Waals surface area contributed by atoms with Crippen molar-refractivity contribution in [2.75, 3.05) is 0 Å². The van der Waals surface area contributed by atoms with Crippen LogP contribution in [0.3, 0.4) is 0 Å². The first-order chi connectivity index (χ1) is 4.84. The van der Waals surface area contributed by atoms with Crippen LogP contribution in [0.2, 0.25) is 0 Å². The summed E-state index contributed by atoms with van der Waals surface area (Å²) in [5.74, 6) is 0.156. The van der Waals surface area contributed by atoms with Gasteiger partial charge in [0.1, 0.15) is 5.84 Å². The minimum atomic E-state index is 0.156. The third kappa shape index (κ3) is 1.33. The third-order valence-corrected chi connectivity index (χ3v) is 1.67. The van der Waals surface area contributed by atoms with E-state index in [1.807, 2.05) is 10.8 Å². The van der Waals surface area contributed by atoms with Crippen molar-refractivity contribution in [3.8, 4) is 6.19 Å². The van der Waals surface area contributed by atoms with Gasteiger partial charge in [-0.15, -0.1) is 0 Å². The molecule has 50 valence electrons. The zero-order chi connectivity index (χ0) is 7.40.